The second-order valence-corrected chi connectivity index (χ2v) is 5.81. The first kappa shape index (κ1) is 14.9. The van der Waals surface area contributed by atoms with Crippen LogP contribution in [0, 0.1) is 0 Å². The highest BCUT2D eigenvalue weighted by Crippen LogP contribution is 2.28. The lowest BCUT2D eigenvalue weighted by Gasteiger charge is -2.09. The summed E-state index contributed by atoms with van der Waals surface area (Å²) in [7, 11) is 1.58. The molecule has 20 heavy (non-hydrogen) atoms. The molecule has 0 radical (unpaired) electrons. The van der Waals surface area contributed by atoms with Gasteiger partial charge in [0.25, 0.3) is 5.91 Å². The number of anilines is 2. The number of rotatable bonds is 3. The van der Waals surface area contributed by atoms with E-state index < -0.39 is 0 Å². The summed E-state index contributed by atoms with van der Waals surface area (Å²) in [6, 6.07) is 10.4. The first-order valence-corrected chi connectivity index (χ1v) is 7.30. The Balaban J connectivity index is 2.21. The number of nitrogens with two attached hydrogens (primary N) is 1. The molecular weight excluding hydrogens is 388 g/mol. The molecule has 0 spiro atoms. The van der Waals surface area contributed by atoms with E-state index in [-0.39, 0.29) is 5.91 Å². The first-order chi connectivity index (χ1) is 9.51. The molecule has 0 bridgehead atoms. The summed E-state index contributed by atoms with van der Waals surface area (Å²) in [4.78, 5) is 12.2. The van der Waals surface area contributed by atoms with Gasteiger partial charge in [0.1, 0.15) is 5.75 Å². The molecule has 0 atom stereocenters. The quantitative estimate of drug-likeness (QED) is 0.765. The second-order valence-electron chi connectivity index (χ2n) is 4.04. The molecule has 0 saturated heterocycles. The maximum absolute atomic E-state index is 12.2. The monoisotopic (exact) mass is 398 g/mol. The van der Waals surface area contributed by atoms with Crippen LogP contribution in [0.15, 0.2) is 45.3 Å². The Labute approximate surface area is 133 Å². The van der Waals surface area contributed by atoms with Gasteiger partial charge in [-0.3, -0.25) is 4.79 Å². The van der Waals surface area contributed by atoms with Gasteiger partial charge in [0, 0.05) is 15.8 Å². The molecule has 0 unspecified atom stereocenters. The molecule has 104 valence electrons. The van der Waals surface area contributed by atoms with Crippen molar-refractivity contribution >= 4 is 49.1 Å². The number of carbonyl (C=O) groups excluding carboxylic acids is 1. The van der Waals surface area contributed by atoms with E-state index in [1.54, 1.807) is 43.5 Å². The topological polar surface area (TPSA) is 64.3 Å². The van der Waals surface area contributed by atoms with Gasteiger partial charge in [0.15, 0.2) is 0 Å². The number of carbonyl (C=O) groups is 1. The Morgan fingerprint density at radius 3 is 2.55 bits per heavy atom. The van der Waals surface area contributed by atoms with Crippen molar-refractivity contribution in [1.82, 2.24) is 0 Å². The van der Waals surface area contributed by atoms with E-state index in [1.807, 2.05) is 0 Å². The number of hydrogen-bond acceptors (Lipinski definition) is 3. The van der Waals surface area contributed by atoms with Crippen molar-refractivity contribution in [2.24, 2.45) is 0 Å². The minimum Gasteiger partial charge on any atom is -0.496 e. The molecule has 0 heterocycles. The van der Waals surface area contributed by atoms with Gasteiger partial charge in [-0.05, 0) is 52.3 Å². The van der Waals surface area contributed by atoms with Crippen molar-refractivity contribution in [1.29, 1.82) is 0 Å². The number of nitrogen functional groups attached to an aromatic ring is 1. The molecule has 0 aliphatic heterocycles. The van der Waals surface area contributed by atoms with Gasteiger partial charge < -0.3 is 15.8 Å². The van der Waals surface area contributed by atoms with Crippen LogP contribution in [-0.4, -0.2) is 13.0 Å². The third-order valence-electron chi connectivity index (χ3n) is 2.67. The lowest BCUT2D eigenvalue weighted by molar-refractivity contribution is 0.102. The minimum absolute atomic E-state index is 0.257. The summed E-state index contributed by atoms with van der Waals surface area (Å²) in [5.41, 5.74) is 7.34. The summed E-state index contributed by atoms with van der Waals surface area (Å²) < 4.78 is 6.73. The highest BCUT2D eigenvalue weighted by Gasteiger charge is 2.11. The van der Waals surface area contributed by atoms with Crippen LogP contribution < -0.4 is 15.8 Å². The average Bonchev–Trinajstić information content (AvgIpc) is 2.38. The van der Waals surface area contributed by atoms with E-state index in [9.17, 15) is 4.79 Å². The van der Waals surface area contributed by atoms with Crippen molar-refractivity contribution in [3.05, 3.63) is 50.9 Å². The molecule has 2 aromatic carbocycles. The van der Waals surface area contributed by atoms with Gasteiger partial charge in [0.05, 0.1) is 17.1 Å². The molecule has 4 nitrogen and oxygen atoms in total. The number of nitrogens with one attached hydrogen (secondary N) is 1. The van der Waals surface area contributed by atoms with E-state index in [0.29, 0.717) is 22.7 Å². The summed E-state index contributed by atoms with van der Waals surface area (Å²) in [6.07, 6.45) is 0. The molecule has 0 fully saturated rings. The van der Waals surface area contributed by atoms with Crippen LogP contribution in [0.1, 0.15) is 10.4 Å². The predicted octanol–water partition coefficient (Wildman–Crippen LogP) is 4.05. The maximum Gasteiger partial charge on any atom is 0.257 e. The van der Waals surface area contributed by atoms with Crippen LogP contribution in [0.5, 0.6) is 5.75 Å². The minimum atomic E-state index is -0.257. The fourth-order valence-electron chi connectivity index (χ4n) is 1.68. The van der Waals surface area contributed by atoms with Crippen molar-refractivity contribution in [2.75, 3.05) is 18.2 Å². The van der Waals surface area contributed by atoms with Gasteiger partial charge in [0.2, 0.25) is 0 Å². The fourth-order valence-corrected chi connectivity index (χ4v) is 2.60. The first-order valence-electron chi connectivity index (χ1n) is 5.71. The molecule has 6 heteroatoms. The summed E-state index contributed by atoms with van der Waals surface area (Å²) >= 11 is 6.68. The van der Waals surface area contributed by atoms with E-state index >= 15 is 0 Å². The maximum atomic E-state index is 12.2. The number of hydrogen-bond donors (Lipinski definition) is 2. The Kier molecular flexibility index (Phi) is 4.67. The van der Waals surface area contributed by atoms with Gasteiger partial charge >= 0.3 is 0 Å². The molecule has 0 saturated carbocycles. The van der Waals surface area contributed by atoms with Crippen molar-refractivity contribution < 1.29 is 9.53 Å². The average molecular weight is 400 g/mol. The standard InChI is InChI=1S/C14H12Br2N2O2/c1-20-13-5-3-9(7-11(13)16)18-14(19)10-4-2-8(15)6-12(10)17/h2-7H,17H2,1H3,(H,18,19). The molecule has 2 rings (SSSR count). The Morgan fingerprint density at radius 2 is 1.95 bits per heavy atom. The number of amides is 1. The van der Waals surface area contributed by atoms with Gasteiger partial charge in [-0.2, -0.15) is 0 Å². The highest BCUT2D eigenvalue weighted by molar-refractivity contribution is 9.10. The van der Waals surface area contributed by atoms with E-state index in [2.05, 4.69) is 37.2 Å². The molecule has 3 N–H and O–H groups in total. The van der Waals surface area contributed by atoms with Crippen LogP contribution in [0.2, 0.25) is 0 Å². The van der Waals surface area contributed by atoms with Gasteiger partial charge in [-0.15, -0.1) is 0 Å². The van der Waals surface area contributed by atoms with E-state index in [4.69, 9.17) is 10.5 Å². The number of benzene rings is 2. The largest absolute Gasteiger partial charge is 0.496 e. The zero-order valence-corrected chi connectivity index (χ0v) is 13.8. The highest BCUT2D eigenvalue weighted by atomic mass is 79.9. The predicted molar refractivity (Wildman–Crippen MR) is 87.2 cm³/mol. The van der Waals surface area contributed by atoms with Crippen molar-refractivity contribution in [2.45, 2.75) is 0 Å². The zero-order chi connectivity index (χ0) is 14.7. The van der Waals surface area contributed by atoms with Crippen LogP contribution >= 0.6 is 31.9 Å². The van der Waals surface area contributed by atoms with Crippen molar-refractivity contribution in [3.8, 4) is 5.75 Å². The molecular formula is C14H12Br2N2O2. The van der Waals surface area contributed by atoms with Crippen molar-refractivity contribution in [3.63, 3.8) is 0 Å². The Hall–Kier alpha value is -1.53. The Morgan fingerprint density at radius 1 is 1.20 bits per heavy atom. The van der Waals surface area contributed by atoms with Crippen LogP contribution in [0.25, 0.3) is 0 Å². The molecule has 1 amide bonds. The molecule has 2 aromatic rings. The van der Waals surface area contributed by atoms with Crippen LogP contribution in [0.4, 0.5) is 11.4 Å². The lowest BCUT2D eigenvalue weighted by Crippen LogP contribution is -2.14. The Bertz CT molecular complexity index is 660. The van der Waals surface area contributed by atoms with E-state index in [0.717, 1.165) is 8.95 Å². The zero-order valence-electron chi connectivity index (χ0n) is 10.6. The van der Waals surface area contributed by atoms with Crippen LogP contribution in [-0.2, 0) is 0 Å². The number of halogens is 2. The number of ether oxygens (including phenoxy) is 1. The normalized spacial score (nSPS) is 10.2. The molecule has 0 aromatic heterocycles. The molecule has 0 aliphatic rings. The van der Waals surface area contributed by atoms with E-state index in [1.165, 1.54) is 0 Å². The smallest absolute Gasteiger partial charge is 0.257 e. The van der Waals surface area contributed by atoms with Crippen LogP contribution in [0.3, 0.4) is 0 Å². The summed E-state index contributed by atoms with van der Waals surface area (Å²) in [6.45, 7) is 0. The van der Waals surface area contributed by atoms with Gasteiger partial charge in [-0.1, -0.05) is 15.9 Å². The SMILES string of the molecule is COc1ccc(NC(=O)c2ccc(Br)cc2N)cc1Br. The van der Waals surface area contributed by atoms with Gasteiger partial charge in [-0.25, -0.2) is 0 Å². The number of methoxy groups -OCH3 is 1. The summed E-state index contributed by atoms with van der Waals surface area (Å²) in [5, 5.41) is 2.79. The third kappa shape index (κ3) is 3.32. The summed E-state index contributed by atoms with van der Waals surface area (Å²) in [5.74, 6) is 0.443. The fraction of sp³-hybridized carbons (Fsp3) is 0.0714. The molecule has 0 aliphatic carbocycles. The second kappa shape index (κ2) is 6.28. The third-order valence-corrected chi connectivity index (χ3v) is 3.78. The lowest BCUT2D eigenvalue weighted by atomic mass is 10.1.